The van der Waals surface area contributed by atoms with Crippen molar-refractivity contribution in [3.05, 3.63) is 29.3 Å². The molecule has 4 nitrogen and oxygen atoms in total. The molecule has 0 aliphatic carbocycles. The molecule has 5 heteroatoms. The first-order valence-corrected chi connectivity index (χ1v) is 8.09. The van der Waals surface area contributed by atoms with E-state index in [-0.39, 0.29) is 12.1 Å². The first kappa shape index (κ1) is 14.5. The summed E-state index contributed by atoms with van der Waals surface area (Å²) < 4.78 is 27.0. The highest BCUT2D eigenvalue weighted by Gasteiger charge is 2.33. The normalized spacial score (nSPS) is 25.5. The van der Waals surface area contributed by atoms with E-state index in [4.69, 9.17) is 0 Å². The van der Waals surface area contributed by atoms with Gasteiger partial charge in [0.25, 0.3) is 0 Å². The van der Waals surface area contributed by atoms with E-state index in [0.717, 1.165) is 11.1 Å². The summed E-state index contributed by atoms with van der Waals surface area (Å²) in [5.41, 5.74) is 2.12. The fraction of sp³-hybridized carbons (Fsp3) is 0.571. The summed E-state index contributed by atoms with van der Waals surface area (Å²) in [6.07, 6.45) is 0. The van der Waals surface area contributed by atoms with Crippen LogP contribution in [0.3, 0.4) is 0 Å². The highest BCUT2D eigenvalue weighted by atomic mass is 32.2. The molecule has 1 aromatic rings. The van der Waals surface area contributed by atoms with Crippen molar-refractivity contribution in [3.63, 3.8) is 0 Å². The number of hydrogen-bond donors (Lipinski definition) is 1. The van der Waals surface area contributed by atoms with Crippen molar-refractivity contribution < 1.29 is 8.42 Å². The monoisotopic (exact) mass is 282 g/mol. The Morgan fingerprint density at radius 2 is 1.89 bits per heavy atom. The maximum atomic E-state index is 12.7. The largest absolute Gasteiger partial charge is 0.311 e. The number of nitrogens with zero attached hydrogens (tertiary/aromatic N) is 1. The maximum Gasteiger partial charge on any atom is 0.243 e. The average molecular weight is 282 g/mol. The van der Waals surface area contributed by atoms with Crippen LogP contribution in [0.2, 0.25) is 0 Å². The van der Waals surface area contributed by atoms with Crippen LogP contribution < -0.4 is 5.32 Å². The van der Waals surface area contributed by atoms with Gasteiger partial charge in [0.2, 0.25) is 10.0 Å². The Balaban J connectivity index is 2.38. The van der Waals surface area contributed by atoms with Gasteiger partial charge in [-0.1, -0.05) is 6.07 Å². The van der Waals surface area contributed by atoms with Gasteiger partial charge in [-0.05, 0) is 51.0 Å². The summed E-state index contributed by atoms with van der Waals surface area (Å²) in [7, 11) is -3.39. The van der Waals surface area contributed by atoms with Crippen molar-refractivity contribution in [1.29, 1.82) is 0 Å². The SMILES string of the molecule is Cc1ccc(S(=O)(=O)N2CC(C)NCC2C)cc1C. The summed E-state index contributed by atoms with van der Waals surface area (Å²) in [6, 6.07) is 5.53. The van der Waals surface area contributed by atoms with E-state index in [1.165, 1.54) is 0 Å². The fourth-order valence-corrected chi connectivity index (χ4v) is 4.14. The average Bonchev–Trinajstić information content (AvgIpc) is 2.35. The first-order chi connectivity index (χ1) is 8.82. The lowest BCUT2D eigenvalue weighted by Crippen LogP contribution is -2.56. The van der Waals surface area contributed by atoms with Gasteiger partial charge in [-0.2, -0.15) is 4.31 Å². The zero-order valence-corrected chi connectivity index (χ0v) is 12.8. The minimum absolute atomic E-state index is 0.0113. The van der Waals surface area contributed by atoms with Crippen LogP contribution in [0.15, 0.2) is 23.1 Å². The third kappa shape index (κ3) is 2.83. The van der Waals surface area contributed by atoms with Crippen molar-refractivity contribution >= 4 is 10.0 Å². The Labute approximate surface area is 115 Å². The molecule has 1 fully saturated rings. The van der Waals surface area contributed by atoms with Crippen molar-refractivity contribution in [2.45, 2.75) is 44.7 Å². The molecular formula is C14H22N2O2S. The Bertz CT molecular complexity index is 569. The van der Waals surface area contributed by atoms with Crippen LogP contribution in [0.5, 0.6) is 0 Å². The summed E-state index contributed by atoms with van der Waals surface area (Å²) in [6.45, 7) is 9.10. The molecule has 0 saturated carbocycles. The quantitative estimate of drug-likeness (QED) is 0.898. The van der Waals surface area contributed by atoms with Gasteiger partial charge in [-0.15, -0.1) is 0 Å². The van der Waals surface area contributed by atoms with E-state index in [1.807, 2.05) is 33.8 Å². The fourth-order valence-electron chi connectivity index (χ4n) is 2.33. The summed E-state index contributed by atoms with van der Waals surface area (Å²) in [5.74, 6) is 0. The second kappa shape index (κ2) is 5.23. The number of sulfonamides is 1. The van der Waals surface area contributed by atoms with Crippen LogP contribution in [0.1, 0.15) is 25.0 Å². The molecule has 1 saturated heterocycles. The number of aryl methyl sites for hydroxylation is 2. The van der Waals surface area contributed by atoms with E-state index >= 15 is 0 Å². The van der Waals surface area contributed by atoms with Crippen LogP contribution in [-0.4, -0.2) is 37.9 Å². The van der Waals surface area contributed by atoms with Gasteiger partial charge in [0, 0.05) is 25.2 Å². The van der Waals surface area contributed by atoms with E-state index < -0.39 is 10.0 Å². The maximum absolute atomic E-state index is 12.7. The number of hydrogen-bond acceptors (Lipinski definition) is 3. The molecule has 0 spiro atoms. The highest BCUT2D eigenvalue weighted by molar-refractivity contribution is 7.89. The molecule has 0 bridgehead atoms. The van der Waals surface area contributed by atoms with Crippen molar-refractivity contribution in [3.8, 4) is 0 Å². The van der Waals surface area contributed by atoms with Crippen LogP contribution in [-0.2, 0) is 10.0 Å². The van der Waals surface area contributed by atoms with Crippen molar-refractivity contribution in [2.24, 2.45) is 0 Å². The van der Waals surface area contributed by atoms with Gasteiger partial charge in [0.1, 0.15) is 0 Å². The molecular weight excluding hydrogens is 260 g/mol. The molecule has 2 atom stereocenters. The van der Waals surface area contributed by atoms with Crippen molar-refractivity contribution in [2.75, 3.05) is 13.1 Å². The van der Waals surface area contributed by atoms with E-state index in [9.17, 15) is 8.42 Å². The van der Waals surface area contributed by atoms with Gasteiger partial charge in [-0.3, -0.25) is 0 Å². The van der Waals surface area contributed by atoms with E-state index in [0.29, 0.717) is 18.0 Å². The second-order valence-electron chi connectivity index (χ2n) is 5.48. The lowest BCUT2D eigenvalue weighted by molar-refractivity contribution is 0.244. The predicted molar refractivity (Wildman–Crippen MR) is 76.7 cm³/mol. The second-order valence-corrected chi connectivity index (χ2v) is 7.37. The standard InChI is InChI=1S/C14H22N2O2S/c1-10-5-6-14(7-11(10)2)19(17,18)16-9-12(3)15-8-13(16)4/h5-7,12-13,15H,8-9H2,1-4H3. The summed E-state index contributed by atoms with van der Waals surface area (Å²) >= 11 is 0. The molecule has 0 amide bonds. The number of piperazine rings is 1. The van der Waals surface area contributed by atoms with Gasteiger partial charge < -0.3 is 5.32 Å². The Morgan fingerprint density at radius 3 is 2.53 bits per heavy atom. The molecule has 1 N–H and O–H groups in total. The minimum Gasteiger partial charge on any atom is -0.311 e. The molecule has 0 radical (unpaired) electrons. The van der Waals surface area contributed by atoms with Crippen LogP contribution in [0.4, 0.5) is 0 Å². The summed E-state index contributed by atoms with van der Waals surface area (Å²) in [4.78, 5) is 0.400. The van der Waals surface area contributed by atoms with E-state index in [2.05, 4.69) is 5.32 Å². The molecule has 106 valence electrons. The number of nitrogens with one attached hydrogen (secondary N) is 1. The lowest BCUT2D eigenvalue weighted by atomic mass is 10.1. The minimum atomic E-state index is -3.39. The lowest BCUT2D eigenvalue weighted by Gasteiger charge is -2.36. The van der Waals surface area contributed by atoms with Crippen molar-refractivity contribution in [1.82, 2.24) is 9.62 Å². The zero-order chi connectivity index (χ0) is 14.2. The molecule has 1 aliphatic rings. The molecule has 2 rings (SSSR count). The third-order valence-electron chi connectivity index (χ3n) is 3.79. The Kier molecular flexibility index (Phi) is 3.99. The van der Waals surface area contributed by atoms with Gasteiger partial charge in [-0.25, -0.2) is 8.42 Å². The third-order valence-corrected chi connectivity index (χ3v) is 5.77. The zero-order valence-electron chi connectivity index (χ0n) is 12.0. The summed E-state index contributed by atoms with van der Waals surface area (Å²) in [5, 5.41) is 3.30. The van der Waals surface area contributed by atoms with E-state index in [1.54, 1.807) is 16.4 Å². The smallest absolute Gasteiger partial charge is 0.243 e. The van der Waals surface area contributed by atoms with Crippen LogP contribution in [0, 0.1) is 13.8 Å². The molecule has 2 unspecified atom stereocenters. The molecule has 0 aromatic heterocycles. The number of rotatable bonds is 2. The molecule has 1 heterocycles. The van der Waals surface area contributed by atoms with Crippen LogP contribution >= 0.6 is 0 Å². The first-order valence-electron chi connectivity index (χ1n) is 6.65. The molecule has 1 aromatic carbocycles. The van der Waals surface area contributed by atoms with Gasteiger partial charge in [0.15, 0.2) is 0 Å². The highest BCUT2D eigenvalue weighted by Crippen LogP contribution is 2.22. The number of benzene rings is 1. The topological polar surface area (TPSA) is 49.4 Å². The molecule has 1 aliphatic heterocycles. The van der Waals surface area contributed by atoms with Crippen LogP contribution in [0.25, 0.3) is 0 Å². The Morgan fingerprint density at radius 1 is 1.21 bits per heavy atom. The van der Waals surface area contributed by atoms with Gasteiger partial charge >= 0.3 is 0 Å². The predicted octanol–water partition coefficient (Wildman–Crippen LogP) is 1.67. The molecule has 19 heavy (non-hydrogen) atoms. The Hall–Kier alpha value is -0.910. The van der Waals surface area contributed by atoms with Gasteiger partial charge in [0.05, 0.1) is 4.90 Å².